The van der Waals surface area contributed by atoms with Crippen LogP contribution in [-0.4, -0.2) is 23.0 Å². The van der Waals surface area contributed by atoms with Crippen molar-refractivity contribution in [3.05, 3.63) is 35.6 Å². The smallest absolute Gasteiger partial charge is 0.342 e. The molecule has 4 nitrogen and oxygen atoms in total. The van der Waals surface area contributed by atoms with Crippen molar-refractivity contribution in [1.29, 1.82) is 0 Å². The highest BCUT2D eigenvalue weighted by molar-refractivity contribution is 6.24. The SMILES string of the molecule is CCC1C=CC2OC=C(C(=O)O)C(=O)C2=C1. The van der Waals surface area contributed by atoms with Crippen LogP contribution in [0, 0.1) is 5.92 Å². The second-order valence-electron chi connectivity index (χ2n) is 3.80. The van der Waals surface area contributed by atoms with Gasteiger partial charge < -0.3 is 9.84 Å². The summed E-state index contributed by atoms with van der Waals surface area (Å²) in [5.74, 6) is -1.49. The molecule has 4 heteroatoms. The molecule has 0 bridgehead atoms. The summed E-state index contributed by atoms with van der Waals surface area (Å²) in [5.41, 5.74) is 0.141. The lowest BCUT2D eigenvalue weighted by Gasteiger charge is -2.25. The number of ether oxygens (including phenoxy) is 1. The van der Waals surface area contributed by atoms with E-state index in [1.165, 1.54) is 0 Å². The van der Waals surface area contributed by atoms with E-state index in [9.17, 15) is 9.59 Å². The van der Waals surface area contributed by atoms with Crippen LogP contribution < -0.4 is 0 Å². The van der Waals surface area contributed by atoms with Crippen LogP contribution >= 0.6 is 0 Å². The van der Waals surface area contributed by atoms with Gasteiger partial charge in [0.1, 0.15) is 17.9 Å². The topological polar surface area (TPSA) is 63.6 Å². The summed E-state index contributed by atoms with van der Waals surface area (Å²) in [6.45, 7) is 2.01. The predicted octanol–water partition coefficient (Wildman–Crippen LogP) is 1.45. The fourth-order valence-electron chi connectivity index (χ4n) is 1.80. The predicted molar refractivity (Wildman–Crippen MR) is 56.6 cm³/mol. The van der Waals surface area contributed by atoms with E-state index in [1.54, 1.807) is 12.2 Å². The van der Waals surface area contributed by atoms with Gasteiger partial charge >= 0.3 is 5.97 Å². The Balaban J connectivity index is 2.34. The van der Waals surface area contributed by atoms with Gasteiger partial charge in [-0.15, -0.1) is 0 Å². The normalized spacial score (nSPS) is 27.7. The zero-order chi connectivity index (χ0) is 11.7. The summed E-state index contributed by atoms with van der Waals surface area (Å²) in [7, 11) is 0. The first-order valence-corrected chi connectivity index (χ1v) is 5.17. The molecule has 0 radical (unpaired) electrons. The standard InChI is InChI=1S/C12H12O4/c1-2-7-3-4-10-8(5-7)11(13)9(6-16-10)12(14)15/h3-7,10H,2H2,1H3,(H,14,15). The van der Waals surface area contributed by atoms with E-state index < -0.39 is 17.9 Å². The summed E-state index contributed by atoms with van der Waals surface area (Å²) in [6.07, 6.45) is 7.06. The Labute approximate surface area is 92.9 Å². The maximum absolute atomic E-state index is 11.8. The molecule has 2 atom stereocenters. The van der Waals surface area contributed by atoms with Gasteiger partial charge in [0.25, 0.3) is 0 Å². The van der Waals surface area contributed by atoms with E-state index in [-0.39, 0.29) is 11.5 Å². The second-order valence-corrected chi connectivity index (χ2v) is 3.80. The van der Waals surface area contributed by atoms with Crippen LogP contribution in [0.1, 0.15) is 13.3 Å². The number of hydrogen-bond donors (Lipinski definition) is 1. The number of rotatable bonds is 2. The van der Waals surface area contributed by atoms with E-state index >= 15 is 0 Å². The quantitative estimate of drug-likeness (QED) is 0.565. The monoisotopic (exact) mass is 220 g/mol. The highest BCUT2D eigenvalue weighted by atomic mass is 16.5. The summed E-state index contributed by atoms with van der Waals surface area (Å²) in [5, 5.41) is 8.81. The molecule has 0 aromatic heterocycles. The highest BCUT2D eigenvalue weighted by Crippen LogP contribution is 2.27. The highest BCUT2D eigenvalue weighted by Gasteiger charge is 2.33. The number of carboxylic acid groups (broad SMARTS) is 1. The first kappa shape index (κ1) is 10.7. The molecule has 0 aromatic rings. The molecule has 0 saturated heterocycles. The van der Waals surface area contributed by atoms with Gasteiger partial charge in [0.2, 0.25) is 5.78 Å². The summed E-state index contributed by atoms with van der Waals surface area (Å²) < 4.78 is 5.20. The molecule has 84 valence electrons. The third-order valence-electron chi connectivity index (χ3n) is 2.77. The van der Waals surface area contributed by atoms with Gasteiger partial charge in [0, 0.05) is 5.57 Å². The minimum Gasteiger partial charge on any atom is -0.488 e. The van der Waals surface area contributed by atoms with E-state index in [0.717, 1.165) is 12.7 Å². The van der Waals surface area contributed by atoms with Crippen LogP contribution in [-0.2, 0) is 14.3 Å². The number of ketones is 1. The summed E-state index contributed by atoms with van der Waals surface area (Å²) in [4.78, 5) is 22.6. The summed E-state index contributed by atoms with van der Waals surface area (Å²) >= 11 is 0. The number of hydrogen-bond acceptors (Lipinski definition) is 3. The Morgan fingerprint density at radius 1 is 1.50 bits per heavy atom. The van der Waals surface area contributed by atoms with Gasteiger partial charge in [-0.05, 0) is 18.4 Å². The second kappa shape index (κ2) is 3.96. The lowest BCUT2D eigenvalue weighted by molar-refractivity contribution is -0.134. The maximum Gasteiger partial charge on any atom is 0.342 e. The van der Waals surface area contributed by atoms with Gasteiger partial charge in [-0.1, -0.05) is 19.1 Å². The van der Waals surface area contributed by atoms with Crippen LogP contribution in [0.2, 0.25) is 0 Å². The Kier molecular flexibility index (Phi) is 2.64. The van der Waals surface area contributed by atoms with Crippen LogP contribution in [0.4, 0.5) is 0 Å². The first-order chi connectivity index (χ1) is 7.63. The molecule has 2 unspecified atom stereocenters. The number of aliphatic carboxylic acids is 1. The number of allylic oxidation sites excluding steroid dienone is 2. The maximum atomic E-state index is 11.8. The number of carbonyl (C=O) groups is 2. The largest absolute Gasteiger partial charge is 0.488 e. The van der Waals surface area contributed by atoms with Crippen molar-refractivity contribution >= 4 is 11.8 Å². The number of carbonyl (C=O) groups excluding carboxylic acids is 1. The molecule has 1 heterocycles. The molecule has 0 aromatic carbocycles. The van der Waals surface area contributed by atoms with Gasteiger partial charge in [-0.3, -0.25) is 4.79 Å². The molecular formula is C12H12O4. The van der Waals surface area contributed by atoms with Crippen LogP contribution in [0.15, 0.2) is 35.6 Å². The average molecular weight is 220 g/mol. The Bertz CT molecular complexity index is 428. The fraction of sp³-hybridized carbons (Fsp3) is 0.333. The summed E-state index contributed by atoms with van der Waals surface area (Å²) in [6, 6.07) is 0. The zero-order valence-corrected chi connectivity index (χ0v) is 8.84. The number of fused-ring (bicyclic) bond motifs is 1. The molecule has 0 spiro atoms. The number of carboxylic acids is 1. The molecule has 1 N–H and O–H groups in total. The fourth-order valence-corrected chi connectivity index (χ4v) is 1.80. The van der Waals surface area contributed by atoms with E-state index in [0.29, 0.717) is 5.57 Å². The molecular weight excluding hydrogens is 208 g/mol. The minimum atomic E-state index is -1.24. The van der Waals surface area contributed by atoms with Gasteiger partial charge in [0.15, 0.2) is 0 Å². The Hall–Kier alpha value is -1.84. The van der Waals surface area contributed by atoms with Crippen molar-refractivity contribution in [1.82, 2.24) is 0 Å². The Morgan fingerprint density at radius 3 is 2.88 bits per heavy atom. The van der Waals surface area contributed by atoms with Crippen molar-refractivity contribution in [3.8, 4) is 0 Å². The molecule has 0 amide bonds. The third-order valence-corrected chi connectivity index (χ3v) is 2.77. The molecule has 16 heavy (non-hydrogen) atoms. The number of Topliss-reactive ketones (excluding diaryl/α,β-unsaturated/α-hetero) is 1. The average Bonchev–Trinajstić information content (AvgIpc) is 2.28. The van der Waals surface area contributed by atoms with Crippen molar-refractivity contribution in [2.75, 3.05) is 0 Å². The first-order valence-electron chi connectivity index (χ1n) is 5.17. The van der Waals surface area contributed by atoms with E-state index in [4.69, 9.17) is 9.84 Å². The molecule has 2 aliphatic rings. The zero-order valence-electron chi connectivity index (χ0n) is 8.84. The van der Waals surface area contributed by atoms with Crippen molar-refractivity contribution in [3.63, 3.8) is 0 Å². The third kappa shape index (κ3) is 1.66. The molecule has 0 saturated carbocycles. The lowest BCUT2D eigenvalue weighted by Crippen LogP contribution is -2.30. The molecule has 0 fully saturated rings. The van der Waals surface area contributed by atoms with Crippen molar-refractivity contribution in [2.24, 2.45) is 5.92 Å². The van der Waals surface area contributed by atoms with Gasteiger partial charge in [-0.25, -0.2) is 4.79 Å². The van der Waals surface area contributed by atoms with Gasteiger partial charge in [-0.2, -0.15) is 0 Å². The van der Waals surface area contributed by atoms with Gasteiger partial charge in [0.05, 0.1) is 0 Å². The van der Waals surface area contributed by atoms with Crippen molar-refractivity contribution in [2.45, 2.75) is 19.4 Å². The minimum absolute atomic E-state index is 0.187. The van der Waals surface area contributed by atoms with Crippen LogP contribution in [0.5, 0.6) is 0 Å². The van der Waals surface area contributed by atoms with E-state index in [2.05, 4.69) is 0 Å². The molecule has 1 aliphatic carbocycles. The van der Waals surface area contributed by atoms with Crippen molar-refractivity contribution < 1.29 is 19.4 Å². The van der Waals surface area contributed by atoms with E-state index in [1.807, 2.05) is 13.0 Å². The van der Waals surface area contributed by atoms with Crippen LogP contribution in [0.25, 0.3) is 0 Å². The molecule has 1 aliphatic heterocycles. The Morgan fingerprint density at radius 2 is 2.25 bits per heavy atom. The van der Waals surface area contributed by atoms with Crippen LogP contribution in [0.3, 0.4) is 0 Å². The molecule has 2 rings (SSSR count). The lowest BCUT2D eigenvalue weighted by atomic mass is 9.88.